The minimum atomic E-state index is -1.44. The number of benzene rings is 3. The molecule has 6 rings (SSSR count). The van der Waals surface area contributed by atoms with Gasteiger partial charge in [-0.1, -0.05) is 51.3 Å². The highest BCUT2D eigenvalue weighted by molar-refractivity contribution is 9.10. The summed E-state index contributed by atoms with van der Waals surface area (Å²) in [7, 11) is 0. The molecule has 1 spiro atoms. The van der Waals surface area contributed by atoms with Crippen molar-refractivity contribution in [2.75, 3.05) is 5.32 Å². The van der Waals surface area contributed by atoms with Crippen LogP contribution in [-0.4, -0.2) is 16.6 Å². The molecule has 31 heavy (non-hydrogen) atoms. The minimum Gasteiger partial charge on any atom is -0.453 e. The lowest BCUT2D eigenvalue weighted by Crippen LogP contribution is -2.55. The first kappa shape index (κ1) is 19.2. The average Bonchev–Trinajstić information content (AvgIpc) is 3.31. The molecule has 0 saturated heterocycles. The van der Waals surface area contributed by atoms with Crippen LogP contribution in [0, 0.1) is 0 Å². The third kappa shape index (κ3) is 2.75. The number of rotatable bonds is 1. The van der Waals surface area contributed by atoms with Crippen LogP contribution in [0.2, 0.25) is 10.0 Å². The summed E-state index contributed by atoms with van der Waals surface area (Å²) < 4.78 is 7.42. The zero-order chi connectivity index (χ0) is 21.3. The summed E-state index contributed by atoms with van der Waals surface area (Å²) in [5.74, 6) is 0.317. The zero-order valence-corrected chi connectivity index (χ0v) is 19.0. The molecule has 1 N–H and O–H groups in total. The van der Waals surface area contributed by atoms with E-state index in [2.05, 4.69) is 21.2 Å². The summed E-state index contributed by atoms with van der Waals surface area (Å²) in [6.07, 6.45) is 0.614. The van der Waals surface area contributed by atoms with Crippen LogP contribution in [-0.2, 0) is 10.5 Å². The fraction of sp³-hybridized carbons (Fsp3) is 0.130. The normalized spacial score (nSPS) is 23.1. The van der Waals surface area contributed by atoms with Gasteiger partial charge >= 0.3 is 5.72 Å². The Kier molecular flexibility index (Phi) is 4.16. The number of fused-ring (bicyclic) bond motifs is 6. The lowest BCUT2D eigenvalue weighted by molar-refractivity contribution is -0.161. The van der Waals surface area contributed by atoms with E-state index in [1.807, 2.05) is 36.4 Å². The van der Waals surface area contributed by atoms with E-state index in [0.29, 0.717) is 33.5 Å². The first-order valence-electron chi connectivity index (χ1n) is 9.68. The van der Waals surface area contributed by atoms with Gasteiger partial charge in [-0.05, 0) is 54.1 Å². The van der Waals surface area contributed by atoms with Crippen molar-refractivity contribution >= 4 is 56.4 Å². The Balaban J connectivity index is 1.58. The Morgan fingerprint density at radius 1 is 1.06 bits per heavy atom. The first-order valence-corrected chi connectivity index (χ1v) is 11.2. The molecule has 0 unspecified atom stereocenters. The van der Waals surface area contributed by atoms with Crippen LogP contribution in [0.5, 0.6) is 5.75 Å². The second kappa shape index (κ2) is 6.73. The molecule has 5 nitrogen and oxygen atoms in total. The minimum absolute atomic E-state index is 0.211. The number of nitrogens with one attached hydrogen (secondary N) is 1. The van der Waals surface area contributed by atoms with Crippen LogP contribution >= 0.6 is 39.1 Å². The number of halogens is 3. The molecule has 1 amide bonds. The van der Waals surface area contributed by atoms with E-state index in [1.165, 1.54) is 0 Å². The molecule has 0 fully saturated rings. The molecule has 3 aliphatic rings. The highest BCUT2D eigenvalue weighted by Crippen LogP contribution is 2.54. The summed E-state index contributed by atoms with van der Waals surface area (Å²) >= 11 is 16.1. The quantitative estimate of drug-likeness (QED) is 0.426. The Bertz CT molecular complexity index is 1290. The van der Waals surface area contributed by atoms with E-state index < -0.39 is 5.72 Å². The molecule has 0 saturated carbocycles. The van der Waals surface area contributed by atoms with Gasteiger partial charge in [0, 0.05) is 26.5 Å². The SMILES string of the molecule is O=C1Nc2ccc(Cl)cc2[C@@]12Oc1ccc(Cl)cc1[C@H]1CC(c3ccc(Br)cc3)=NN12. The van der Waals surface area contributed by atoms with Crippen molar-refractivity contribution in [2.45, 2.75) is 18.2 Å². The van der Waals surface area contributed by atoms with E-state index >= 15 is 0 Å². The number of hydrazone groups is 1. The van der Waals surface area contributed by atoms with Crippen LogP contribution in [0.3, 0.4) is 0 Å². The third-order valence-electron chi connectivity index (χ3n) is 5.90. The summed E-state index contributed by atoms with van der Waals surface area (Å²) in [4.78, 5) is 13.4. The van der Waals surface area contributed by atoms with E-state index in [4.69, 9.17) is 33.0 Å². The Morgan fingerprint density at radius 3 is 2.61 bits per heavy atom. The van der Waals surface area contributed by atoms with Crippen molar-refractivity contribution in [3.8, 4) is 5.75 Å². The summed E-state index contributed by atoms with van der Waals surface area (Å²) in [6, 6.07) is 18.5. The van der Waals surface area contributed by atoms with Crippen LogP contribution < -0.4 is 10.1 Å². The van der Waals surface area contributed by atoms with Crippen molar-refractivity contribution in [3.63, 3.8) is 0 Å². The molecule has 3 aromatic carbocycles. The highest BCUT2D eigenvalue weighted by atomic mass is 79.9. The van der Waals surface area contributed by atoms with Gasteiger partial charge in [0.25, 0.3) is 5.91 Å². The molecule has 0 aliphatic carbocycles. The molecular weight excluding hydrogens is 501 g/mol. The number of carbonyl (C=O) groups is 1. The summed E-state index contributed by atoms with van der Waals surface area (Å²) in [5, 5.41) is 10.7. The number of hydrogen-bond acceptors (Lipinski definition) is 4. The van der Waals surface area contributed by atoms with E-state index in [0.717, 1.165) is 21.3 Å². The first-order chi connectivity index (χ1) is 15.0. The molecule has 2 atom stereocenters. The number of amides is 1. The van der Waals surface area contributed by atoms with Gasteiger partial charge in [0.2, 0.25) is 0 Å². The fourth-order valence-electron chi connectivity index (χ4n) is 4.50. The van der Waals surface area contributed by atoms with Crippen LogP contribution in [0.1, 0.15) is 29.2 Å². The lowest BCUT2D eigenvalue weighted by atomic mass is 9.92. The number of ether oxygens (including phenoxy) is 1. The van der Waals surface area contributed by atoms with Crippen LogP contribution in [0.15, 0.2) is 70.2 Å². The number of carbonyl (C=O) groups excluding carboxylic acids is 1. The molecule has 0 radical (unpaired) electrons. The molecule has 3 aliphatic heterocycles. The van der Waals surface area contributed by atoms with Gasteiger partial charge in [-0.2, -0.15) is 5.10 Å². The van der Waals surface area contributed by atoms with Crippen molar-refractivity contribution in [2.24, 2.45) is 5.10 Å². The van der Waals surface area contributed by atoms with Gasteiger partial charge < -0.3 is 10.1 Å². The maximum absolute atomic E-state index is 13.4. The molecule has 3 heterocycles. The molecular formula is C23H14BrCl2N3O2. The number of hydrogen-bond donors (Lipinski definition) is 1. The van der Waals surface area contributed by atoms with Crippen molar-refractivity contribution < 1.29 is 9.53 Å². The highest BCUT2D eigenvalue weighted by Gasteiger charge is 2.61. The van der Waals surface area contributed by atoms with Crippen molar-refractivity contribution in [1.82, 2.24) is 5.01 Å². The standard InChI is InChI=1S/C23H14BrCl2N3O2/c24-13-3-1-12(2-4-13)19-11-20-16-9-14(25)6-8-21(16)31-23(29(20)28-19)17-10-15(26)5-7-18(17)27-22(23)30/h1-10,20H,11H2,(H,27,30)/t20-,23-/m1/s1. The maximum Gasteiger partial charge on any atom is 0.306 e. The van der Waals surface area contributed by atoms with Gasteiger partial charge in [-0.25, -0.2) is 5.01 Å². The topological polar surface area (TPSA) is 53.9 Å². The fourth-order valence-corrected chi connectivity index (χ4v) is 5.12. The van der Waals surface area contributed by atoms with Gasteiger partial charge in [0.15, 0.2) is 0 Å². The van der Waals surface area contributed by atoms with E-state index in [9.17, 15) is 4.79 Å². The molecule has 3 aromatic rings. The van der Waals surface area contributed by atoms with Gasteiger partial charge in [0.05, 0.1) is 23.0 Å². The van der Waals surface area contributed by atoms with Crippen LogP contribution in [0.4, 0.5) is 5.69 Å². The van der Waals surface area contributed by atoms with Gasteiger partial charge in [-0.15, -0.1) is 0 Å². The second-order valence-electron chi connectivity index (χ2n) is 7.69. The maximum atomic E-state index is 13.4. The predicted molar refractivity (Wildman–Crippen MR) is 124 cm³/mol. The summed E-state index contributed by atoms with van der Waals surface area (Å²) in [6.45, 7) is 0. The zero-order valence-electron chi connectivity index (χ0n) is 15.9. The molecule has 154 valence electrons. The lowest BCUT2D eigenvalue weighted by Gasteiger charge is -2.44. The predicted octanol–water partition coefficient (Wildman–Crippen LogP) is 6.10. The van der Waals surface area contributed by atoms with Crippen molar-refractivity contribution in [3.05, 3.63) is 91.9 Å². The smallest absolute Gasteiger partial charge is 0.306 e. The van der Waals surface area contributed by atoms with Gasteiger partial charge in [0.1, 0.15) is 5.75 Å². The van der Waals surface area contributed by atoms with E-state index in [1.54, 1.807) is 29.3 Å². The van der Waals surface area contributed by atoms with E-state index in [-0.39, 0.29) is 11.9 Å². The average molecular weight is 515 g/mol. The Hall–Kier alpha value is -2.54. The second-order valence-corrected chi connectivity index (χ2v) is 9.48. The van der Waals surface area contributed by atoms with Crippen molar-refractivity contribution in [1.29, 1.82) is 0 Å². The van der Waals surface area contributed by atoms with Gasteiger partial charge in [-0.3, -0.25) is 4.79 Å². The third-order valence-corrected chi connectivity index (χ3v) is 6.90. The molecule has 0 bridgehead atoms. The largest absolute Gasteiger partial charge is 0.453 e. The number of anilines is 1. The number of nitrogens with zero attached hydrogens (tertiary/aromatic N) is 2. The van der Waals surface area contributed by atoms with Crippen LogP contribution in [0.25, 0.3) is 0 Å². The molecule has 8 heteroatoms. The Morgan fingerprint density at radius 2 is 1.81 bits per heavy atom. The summed E-state index contributed by atoms with van der Waals surface area (Å²) in [5.41, 5.74) is 2.63. The molecule has 0 aromatic heterocycles. The monoisotopic (exact) mass is 513 g/mol. The Labute approximate surface area is 196 Å².